The van der Waals surface area contributed by atoms with E-state index in [4.69, 9.17) is 10.7 Å². The molecule has 1 aliphatic carbocycles. The summed E-state index contributed by atoms with van der Waals surface area (Å²) in [4.78, 5) is 26.2. The van der Waals surface area contributed by atoms with Gasteiger partial charge < -0.3 is 5.73 Å². The average Bonchev–Trinajstić information content (AvgIpc) is 3.48. The first kappa shape index (κ1) is 21.1. The molecule has 2 N–H and O–H groups in total. The van der Waals surface area contributed by atoms with E-state index in [1.165, 1.54) is 12.8 Å². The summed E-state index contributed by atoms with van der Waals surface area (Å²) < 4.78 is 2.12. The Morgan fingerprint density at radius 2 is 1.97 bits per heavy atom. The van der Waals surface area contributed by atoms with Gasteiger partial charge in [-0.15, -0.1) is 0 Å². The third kappa shape index (κ3) is 4.04. The number of benzene rings is 1. The lowest BCUT2D eigenvalue weighted by atomic mass is 9.93. The second-order valence-electron chi connectivity index (χ2n) is 8.58. The number of nitrogens with zero attached hydrogens (tertiary/aromatic N) is 4. The summed E-state index contributed by atoms with van der Waals surface area (Å²) in [6.07, 6.45) is 13.5. The molecule has 0 bridgehead atoms. The van der Waals surface area contributed by atoms with Crippen molar-refractivity contribution in [1.29, 1.82) is 0 Å². The summed E-state index contributed by atoms with van der Waals surface area (Å²) in [5.41, 5.74) is 10.3. The Labute approximate surface area is 193 Å². The maximum absolute atomic E-state index is 12.6. The number of carbonyl (C=O) groups excluding carboxylic acids is 1. The minimum atomic E-state index is -0.0690. The Morgan fingerprint density at radius 1 is 1.12 bits per heavy atom. The minimum absolute atomic E-state index is 0.0690. The smallest absolute Gasteiger partial charge is 0.185 e. The second kappa shape index (κ2) is 8.98. The molecule has 5 rings (SSSR count). The van der Waals surface area contributed by atoms with E-state index in [-0.39, 0.29) is 5.78 Å². The van der Waals surface area contributed by atoms with Crippen molar-refractivity contribution in [3.8, 4) is 11.3 Å². The molecule has 33 heavy (non-hydrogen) atoms. The molecule has 4 aromatic rings. The van der Waals surface area contributed by atoms with Crippen LogP contribution in [0.25, 0.3) is 22.9 Å². The molecule has 1 aromatic carbocycles. The molecule has 6 nitrogen and oxygen atoms in total. The van der Waals surface area contributed by atoms with Gasteiger partial charge in [-0.25, -0.2) is 9.97 Å². The number of nitrogens with two attached hydrogens (primary N) is 1. The first-order valence-corrected chi connectivity index (χ1v) is 11.5. The molecule has 3 heterocycles. The monoisotopic (exact) mass is 437 g/mol. The highest BCUT2D eigenvalue weighted by Crippen LogP contribution is 2.42. The molecular weight excluding hydrogens is 410 g/mol. The van der Waals surface area contributed by atoms with Crippen LogP contribution in [0.5, 0.6) is 0 Å². The molecule has 2 atom stereocenters. The van der Waals surface area contributed by atoms with E-state index in [0.29, 0.717) is 23.2 Å². The molecule has 0 radical (unpaired) electrons. The van der Waals surface area contributed by atoms with Gasteiger partial charge in [-0.3, -0.25) is 14.2 Å². The number of carbonyl (C=O) groups is 1. The molecule has 0 amide bonds. The molecule has 6 heteroatoms. The van der Waals surface area contributed by atoms with Crippen LogP contribution in [0, 0.1) is 5.92 Å². The van der Waals surface area contributed by atoms with Gasteiger partial charge in [-0.05, 0) is 43.0 Å². The van der Waals surface area contributed by atoms with Crippen LogP contribution in [0.1, 0.15) is 60.4 Å². The van der Waals surface area contributed by atoms with Crippen molar-refractivity contribution in [2.24, 2.45) is 5.92 Å². The zero-order valence-corrected chi connectivity index (χ0v) is 18.7. The van der Waals surface area contributed by atoms with Crippen LogP contribution >= 0.6 is 0 Å². The molecule has 0 spiro atoms. The highest BCUT2D eigenvalue weighted by molar-refractivity contribution is 6.07. The zero-order chi connectivity index (χ0) is 22.8. The lowest BCUT2D eigenvalue weighted by molar-refractivity contribution is 0.104. The first-order valence-electron chi connectivity index (χ1n) is 11.5. The fourth-order valence-corrected chi connectivity index (χ4v) is 4.94. The van der Waals surface area contributed by atoms with Crippen molar-refractivity contribution >= 4 is 23.2 Å². The number of rotatable bonds is 6. The van der Waals surface area contributed by atoms with Gasteiger partial charge >= 0.3 is 0 Å². The summed E-state index contributed by atoms with van der Waals surface area (Å²) >= 11 is 0. The second-order valence-corrected chi connectivity index (χ2v) is 8.58. The van der Waals surface area contributed by atoms with E-state index in [0.717, 1.165) is 41.1 Å². The summed E-state index contributed by atoms with van der Waals surface area (Å²) in [5.74, 6) is 2.53. The van der Waals surface area contributed by atoms with Crippen LogP contribution in [0.15, 0.2) is 67.1 Å². The van der Waals surface area contributed by atoms with Crippen molar-refractivity contribution in [3.63, 3.8) is 0 Å². The minimum Gasteiger partial charge on any atom is -0.382 e. The average molecular weight is 438 g/mol. The van der Waals surface area contributed by atoms with E-state index in [9.17, 15) is 4.79 Å². The van der Waals surface area contributed by atoms with E-state index < -0.39 is 0 Å². The lowest BCUT2D eigenvalue weighted by Gasteiger charge is -2.16. The van der Waals surface area contributed by atoms with Crippen molar-refractivity contribution in [3.05, 3.63) is 84.2 Å². The topological polar surface area (TPSA) is 86.2 Å². The highest BCUT2D eigenvalue weighted by Gasteiger charge is 2.31. The van der Waals surface area contributed by atoms with Crippen molar-refractivity contribution in [2.45, 2.75) is 38.5 Å². The fraction of sp³-hybridized carbons (Fsp3) is 0.259. The number of aromatic nitrogens is 4. The Kier molecular flexibility index (Phi) is 5.73. The van der Waals surface area contributed by atoms with Gasteiger partial charge in [0.05, 0.1) is 5.69 Å². The zero-order valence-electron chi connectivity index (χ0n) is 18.7. The molecular formula is C27H27N5O. The van der Waals surface area contributed by atoms with Crippen LogP contribution in [-0.4, -0.2) is 25.1 Å². The van der Waals surface area contributed by atoms with Crippen LogP contribution < -0.4 is 5.73 Å². The standard InChI is InChI=1S/C27H27N5O/c1-2-18-6-5-8-22(18)27-31-24(25-26(28)30-16-17-32(25)27)20-11-9-19(10-12-20)23(33)14-13-21-7-3-4-15-29-21/h3-4,7,9-18,22H,2,5-6,8H2,1H3,(H2,28,30)/b14-13+/t18?,22-/m1/s1. The Balaban J connectivity index is 1.48. The fourth-order valence-electron chi connectivity index (χ4n) is 4.94. The maximum atomic E-state index is 12.6. The van der Waals surface area contributed by atoms with Crippen LogP contribution in [0.2, 0.25) is 0 Å². The Hall–Kier alpha value is -3.80. The number of ketones is 1. The van der Waals surface area contributed by atoms with Crippen LogP contribution in [-0.2, 0) is 0 Å². The van der Waals surface area contributed by atoms with Crippen LogP contribution in [0.4, 0.5) is 5.82 Å². The molecule has 1 fully saturated rings. The Morgan fingerprint density at radius 3 is 2.73 bits per heavy atom. The van der Waals surface area contributed by atoms with Crippen molar-refractivity contribution < 1.29 is 4.79 Å². The largest absolute Gasteiger partial charge is 0.382 e. The van der Waals surface area contributed by atoms with Crippen molar-refractivity contribution in [2.75, 3.05) is 5.73 Å². The van der Waals surface area contributed by atoms with E-state index >= 15 is 0 Å². The van der Waals surface area contributed by atoms with Gasteiger partial charge in [0.2, 0.25) is 0 Å². The third-order valence-corrected chi connectivity index (χ3v) is 6.66. The maximum Gasteiger partial charge on any atom is 0.185 e. The van der Waals surface area contributed by atoms with Gasteiger partial charge in [-0.2, -0.15) is 0 Å². The predicted molar refractivity (Wildman–Crippen MR) is 131 cm³/mol. The molecule has 0 saturated heterocycles. The van der Waals surface area contributed by atoms with E-state index in [1.54, 1.807) is 24.5 Å². The highest BCUT2D eigenvalue weighted by atomic mass is 16.1. The number of hydrogen-bond acceptors (Lipinski definition) is 5. The molecule has 1 saturated carbocycles. The van der Waals surface area contributed by atoms with E-state index in [1.807, 2.05) is 48.7 Å². The van der Waals surface area contributed by atoms with Gasteiger partial charge in [0.15, 0.2) is 5.78 Å². The summed E-state index contributed by atoms with van der Waals surface area (Å²) in [6, 6.07) is 13.1. The summed E-state index contributed by atoms with van der Waals surface area (Å²) in [5, 5.41) is 0. The number of hydrogen-bond donors (Lipinski definition) is 1. The number of anilines is 1. The number of allylic oxidation sites excluding steroid dienone is 1. The molecule has 0 aliphatic heterocycles. The van der Waals surface area contributed by atoms with E-state index in [2.05, 4.69) is 21.3 Å². The molecule has 166 valence electrons. The van der Waals surface area contributed by atoms with Crippen LogP contribution in [0.3, 0.4) is 0 Å². The molecule has 1 unspecified atom stereocenters. The number of nitrogen functional groups attached to an aromatic ring is 1. The van der Waals surface area contributed by atoms with Gasteiger partial charge in [0.25, 0.3) is 0 Å². The summed E-state index contributed by atoms with van der Waals surface area (Å²) in [6.45, 7) is 2.26. The quantitative estimate of drug-likeness (QED) is 0.315. The first-order chi connectivity index (χ1) is 16.2. The summed E-state index contributed by atoms with van der Waals surface area (Å²) in [7, 11) is 0. The normalized spacial score (nSPS) is 18.3. The SMILES string of the molecule is CCC1CCC[C@H]1c1nc(-c2ccc(C(=O)/C=C/c3ccccn3)cc2)c2c(N)nccn12. The van der Waals surface area contributed by atoms with Gasteiger partial charge in [0.1, 0.15) is 22.9 Å². The Bertz CT molecular complexity index is 1310. The van der Waals surface area contributed by atoms with Crippen molar-refractivity contribution in [1.82, 2.24) is 19.4 Å². The third-order valence-electron chi connectivity index (χ3n) is 6.66. The molecule has 1 aliphatic rings. The lowest BCUT2D eigenvalue weighted by Crippen LogP contribution is -2.09. The number of fused-ring (bicyclic) bond motifs is 1. The predicted octanol–water partition coefficient (Wildman–Crippen LogP) is 5.56. The number of pyridine rings is 1. The van der Waals surface area contributed by atoms with Gasteiger partial charge in [0, 0.05) is 35.6 Å². The van der Waals surface area contributed by atoms with Gasteiger partial charge in [-0.1, -0.05) is 50.1 Å². The molecule has 3 aromatic heterocycles. The number of imidazole rings is 1.